The molecule has 0 unspecified atom stereocenters. The number of likely N-dealkylation sites (N-methyl/N-ethyl adjacent to an activating group) is 1. The van der Waals surface area contributed by atoms with Crippen LogP contribution in [0.15, 0.2) is 0 Å². The number of hydrogen-bond acceptors (Lipinski definition) is 2. The van der Waals surface area contributed by atoms with Crippen LogP contribution in [0.5, 0.6) is 0 Å². The first-order valence-electron chi connectivity index (χ1n) is 3.26. The van der Waals surface area contributed by atoms with Crippen LogP contribution in [0.1, 0.15) is 0 Å². The van der Waals surface area contributed by atoms with Gasteiger partial charge in [0.15, 0.2) is 0 Å². The molecule has 0 aliphatic heterocycles. The summed E-state index contributed by atoms with van der Waals surface area (Å²) in [6.07, 6.45) is 0. The number of rotatable bonds is 2. The Labute approximate surface area is 84.1 Å². The Kier molecular flexibility index (Phi) is 11.2. The monoisotopic (exact) mass is 238 g/mol. The van der Waals surface area contributed by atoms with Crippen molar-refractivity contribution in [1.29, 1.82) is 0 Å². The molecule has 0 aromatic rings. The summed E-state index contributed by atoms with van der Waals surface area (Å²) in [5.41, 5.74) is 0. The number of hydrogen-bond donors (Lipinski definition) is 4. The second-order valence-electron chi connectivity index (χ2n) is 3.25. The Morgan fingerprint density at radius 1 is 1.15 bits per heavy atom. The van der Waals surface area contributed by atoms with Crippen LogP contribution in [0.2, 0.25) is 0 Å². The third-order valence-electron chi connectivity index (χ3n) is 0.771. The van der Waals surface area contributed by atoms with E-state index < -0.39 is 7.82 Å². The molecule has 4 N–H and O–H groups in total. The minimum Gasteiger partial charge on any atom is -0.391 e. The highest BCUT2D eigenvalue weighted by Gasteiger charge is 2.02. The average Bonchev–Trinajstić information content (AvgIpc) is 1.54. The van der Waals surface area contributed by atoms with Crippen LogP contribution < -0.4 is 0 Å². The summed E-state index contributed by atoms with van der Waals surface area (Å²) in [5, 5.41) is 8.39. The molecule has 13 heavy (non-hydrogen) atoms. The third-order valence-corrected chi connectivity index (χ3v) is 0.771. The molecule has 0 bridgehead atoms. The van der Waals surface area contributed by atoms with Crippen LogP contribution in [-0.4, -0.2) is 58.6 Å². The molecule has 0 fully saturated rings. The van der Waals surface area contributed by atoms with Gasteiger partial charge in [0.1, 0.15) is 6.54 Å². The maximum atomic E-state index is 8.88. The van der Waals surface area contributed by atoms with Gasteiger partial charge in [0.05, 0.1) is 27.7 Å². The minimum atomic E-state index is -4.64. The van der Waals surface area contributed by atoms with Crippen molar-refractivity contribution in [2.75, 3.05) is 34.3 Å². The highest BCUT2D eigenvalue weighted by atomic mass is 35.5. The van der Waals surface area contributed by atoms with Crippen molar-refractivity contribution in [3.8, 4) is 0 Å². The molecule has 0 aliphatic carbocycles. The molecule has 0 aromatic heterocycles. The summed E-state index contributed by atoms with van der Waals surface area (Å²) in [4.78, 5) is 21.6. The van der Waals surface area contributed by atoms with E-state index in [0.29, 0.717) is 0 Å². The van der Waals surface area contributed by atoms with Gasteiger partial charge in [-0.2, -0.15) is 0 Å². The second-order valence-corrected chi connectivity index (χ2v) is 4.28. The van der Waals surface area contributed by atoms with Crippen LogP contribution in [0.25, 0.3) is 0 Å². The topological polar surface area (TPSA) is 98.0 Å². The number of aliphatic hydroxyl groups excluding tert-OH is 1. The lowest BCUT2D eigenvalue weighted by Crippen LogP contribution is -2.36. The quantitative estimate of drug-likeness (QED) is 0.372. The standard InChI is InChI=1S/C5H14NO.ClH.H3O4P/c1-6(2,3)4-5-7;;1-5(2,3)4/h7H,4-5H2,1-3H3;1H;(H3,1,2,3,4)/q+1;;. The first kappa shape index (κ1) is 19.0. The van der Waals surface area contributed by atoms with E-state index in [2.05, 4.69) is 21.1 Å². The fourth-order valence-electron chi connectivity index (χ4n) is 0.300. The van der Waals surface area contributed by atoms with Gasteiger partial charge in [-0.05, 0) is 0 Å². The largest absolute Gasteiger partial charge is 0.466 e. The lowest BCUT2D eigenvalue weighted by atomic mass is 10.5. The summed E-state index contributed by atoms with van der Waals surface area (Å²) in [6, 6.07) is 0. The molecule has 0 radical (unpaired) electrons. The molecule has 6 nitrogen and oxygen atoms in total. The average molecular weight is 239 g/mol. The van der Waals surface area contributed by atoms with Crippen molar-refractivity contribution in [3.05, 3.63) is 0 Å². The highest BCUT2D eigenvalue weighted by Crippen LogP contribution is 2.25. The molecule has 0 saturated carbocycles. The van der Waals surface area contributed by atoms with E-state index in [1.165, 1.54) is 0 Å². The molecule has 84 valence electrons. The number of nitrogens with zero attached hydrogens (tertiary/aromatic N) is 1. The summed E-state index contributed by atoms with van der Waals surface area (Å²) >= 11 is 0. The maximum absolute atomic E-state index is 8.88. The number of quaternary nitrogens is 1. The van der Waals surface area contributed by atoms with E-state index >= 15 is 0 Å². The van der Waals surface area contributed by atoms with Gasteiger partial charge in [-0.1, -0.05) is 0 Å². The first-order valence-corrected chi connectivity index (χ1v) is 4.82. The molecule has 0 amide bonds. The van der Waals surface area contributed by atoms with Crippen LogP contribution in [-0.2, 0) is 4.57 Å². The number of halogens is 1. The molecular weight excluding hydrogens is 220 g/mol. The van der Waals surface area contributed by atoms with Crippen LogP contribution in [0, 0.1) is 0 Å². The Hall–Kier alpha value is 0.320. The lowest BCUT2D eigenvalue weighted by molar-refractivity contribution is -0.870. The Balaban J connectivity index is -0.000000150. The molecule has 0 spiro atoms. The first-order chi connectivity index (χ1) is 5.06. The van der Waals surface area contributed by atoms with Crippen molar-refractivity contribution in [2.45, 2.75) is 0 Å². The Morgan fingerprint density at radius 3 is 1.38 bits per heavy atom. The SMILES string of the molecule is C[N+](C)(C)CCO.Cl.O=P(O)(O)O. The van der Waals surface area contributed by atoms with Crippen molar-refractivity contribution in [3.63, 3.8) is 0 Å². The second kappa shape index (κ2) is 7.70. The molecule has 0 rings (SSSR count). The van der Waals surface area contributed by atoms with Gasteiger partial charge in [0.2, 0.25) is 0 Å². The summed E-state index contributed by atoms with van der Waals surface area (Å²) in [5.74, 6) is 0. The number of aliphatic hydroxyl groups is 1. The smallest absolute Gasteiger partial charge is 0.391 e. The fraction of sp³-hybridized carbons (Fsp3) is 1.00. The van der Waals surface area contributed by atoms with Gasteiger partial charge in [0.25, 0.3) is 0 Å². The molecule has 8 heteroatoms. The van der Waals surface area contributed by atoms with Gasteiger partial charge >= 0.3 is 7.82 Å². The van der Waals surface area contributed by atoms with Crippen molar-refractivity contribution in [2.24, 2.45) is 0 Å². The van der Waals surface area contributed by atoms with E-state index in [9.17, 15) is 0 Å². The summed E-state index contributed by atoms with van der Waals surface area (Å²) in [6.45, 7) is 1.11. The summed E-state index contributed by atoms with van der Waals surface area (Å²) < 4.78 is 9.73. The molecule has 0 atom stereocenters. The van der Waals surface area contributed by atoms with Crippen LogP contribution in [0.4, 0.5) is 0 Å². The van der Waals surface area contributed by atoms with Crippen molar-refractivity contribution >= 4 is 20.2 Å². The van der Waals surface area contributed by atoms with E-state index in [-0.39, 0.29) is 19.0 Å². The van der Waals surface area contributed by atoms with Gasteiger partial charge in [-0.15, -0.1) is 12.4 Å². The Bertz CT molecular complexity index is 145. The minimum absolute atomic E-state index is 0. The molecular formula is C5H18ClNO5P+. The normalized spacial score (nSPS) is 11.0. The maximum Gasteiger partial charge on any atom is 0.466 e. The molecule has 0 aromatic carbocycles. The summed E-state index contributed by atoms with van der Waals surface area (Å²) in [7, 11) is 1.52. The Morgan fingerprint density at radius 2 is 1.38 bits per heavy atom. The number of phosphoric acid groups is 1. The third kappa shape index (κ3) is 70.3. The van der Waals surface area contributed by atoms with Crippen LogP contribution in [0.3, 0.4) is 0 Å². The predicted octanol–water partition coefficient (Wildman–Crippen LogP) is -0.822. The predicted molar refractivity (Wildman–Crippen MR) is 51.5 cm³/mol. The van der Waals surface area contributed by atoms with E-state index in [1.54, 1.807) is 0 Å². The highest BCUT2D eigenvalue weighted by molar-refractivity contribution is 7.45. The lowest BCUT2D eigenvalue weighted by Gasteiger charge is -2.21. The molecule has 0 aliphatic rings. The molecule has 0 saturated heterocycles. The molecule has 0 heterocycles. The van der Waals surface area contributed by atoms with Gasteiger partial charge in [0, 0.05) is 0 Å². The van der Waals surface area contributed by atoms with Gasteiger partial charge < -0.3 is 24.3 Å². The van der Waals surface area contributed by atoms with E-state index in [1.807, 2.05) is 0 Å². The van der Waals surface area contributed by atoms with Crippen molar-refractivity contribution in [1.82, 2.24) is 0 Å². The zero-order chi connectivity index (χ0) is 10.4. The van der Waals surface area contributed by atoms with Crippen molar-refractivity contribution < 1.29 is 28.8 Å². The van der Waals surface area contributed by atoms with Crippen LogP contribution >= 0.6 is 20.2 Å². The van der Waals surface area contributed by atoms with Gasteiger partial charge in [-0.25, -0.2) is 4.57 Å². The van der Waals surface area contributed by atoms with Gasteiger partial charge in [-0.3, -0.25) is 0 Å². The van der Waals surface area contributed by atoms with E-state index in [0.717, 1.165) is 11.0 Å². The zero-order valence-corrected chi connectivity index (χ0v) is 9.62. The van der Waals surface area contributed by atoms with E-state index in [4.69, 9.17) is 24.4 Å². The fourth-order valence-corrected chi connectivity index (χ4v) is 0.300. The zero-order valence-electron chi connectivity index (χ0n) is 7.91.